The van der Waals surface area contributed by atoms with E-state index in [2.05, 4.69) is 68.4 Å². The van der Waals surface area contributed by atoms with Crippen LogP contribution in [0.4, 0.5) is 0 Å². The minimum absolute atomic E-state index is 0.0527. The topological polar surface area (TPSA) is 23.8 Å². The molecule has 0 aromatic heterocycles. The maximum absolute atomic E-state index is 9.82. The van der Waals surface area contributed by atoms with Gasteiger partial charge in [0.2, 0.25) is 0 Å². The second kappa shape index (κ2) is 13.6. The molecule has 0 unspecified atom stereocenters. The van der Waals surface area contributed by atoms with Gasteiger partial charge in [-0.15, -0.1) is 0 Å². The summed E-state index contributed by atoms with van der Waals surface area (Å²) in [6, 6.07) is 21.2. The fourth-order valence-corrected chi connectivity index (χ4v) is 5.56. The molecule has 1 aliphatic rings. The minimum atomic E-state index is -0.0527. The number of rotatable bonds is 13. The Morgan fingerprint density at radius 1 is 0.727 bits per heavy atom. The van der Waals surface area contributed by atoms with E-state index < -0.39 is 0 Å². The SMILES string of the molecule is CCCCCCCCc1ccc(-c2ccc(C3CCC(C#N)(CCCCC)CC3)cc2)cc1. The number of benzene rings is 2. The summed E-state index contributed by atoms with van der Waals surface area (Å²) in [4.78, 5) is 0. The standard InChI is InChI=1S/C32H45N/c1-3-5-7-8-9-10-12-27-13-15-28(16-14-27)29-17-19-30(20-18-29)31-21-24-32(26-33,25-22-31)23-11-6-4-2/h13-20,31H,3-12,21-25H2,1-2H3. The van der Waals surface area contributed by atoms with Crippen molar-refractivity contribution >= 4 is 0 Å². The molecule has 1 fully saturated rings. The van der Waals surface area contributed by atoms with Crippen LogP contribution in [0.15, 0.2) is 48.5 Å². The summed E-state index contributed by atoms with van der Waals surface area (Å²) >= 11 is 0. The van der Waals surface area contributed by atoms with Crippen LogP contribution >= 0.6 is 0 Å². The van der Waals surface area contributed by atoms with Gasteiger partial charge in [0.05, 0.1) is 11.5 Å². The van der Waals surface area contributed by atoms with Gasteiger partial charge in [0.15, 0.2) is 0 Å². The van der Waals surface area contributed by atoms with Crippen LogP contribution in [0.2, 0.25) is 0 Å². The van der Waals surface area contributed by atoms with Crippen LogP contribution in [-0.4, -0.2) is 0 Å². The van der Waals surface area contributed by atoms with Gasteiger partial charge in [0.1, 0.15) is 0 Å². The van der Waals surface area contributed by atoms with Gasteiger partial charge < -0.3 is 0 Å². The molecule has 0 N–H and O–H groups in total. The zero-order valence-corrected chi connectivity index (χ0v) is 21.2. The normalized spacial score (nSPS) is 20.5. The average Bonchev–Trinajstić information content (AvgIpc) is 2.87. The van der Waals surface area contributed by atoms with Crippen LogP contribution in [-0.2, 0) is 6.42 Å². The first kappa shape index (κ1) is 25.6. The van der Waals surface area contributed by atoms with Gasteiger partial charge in [0, 0.05) is 0 Å². The molecule has 0 radical (unpaired) electrons. The van der Waals surface area contributed by atoms with Gasteiger partial charge in [-0.25, -0.2) is 0 Å². The van der Waals surface area contributed by atoms with Crippen molar-refractivity contribution in [2.45, 2.75) is 116 Å². The Balaban J connectivity index is 1.49. The van der Waals surface area contributed by atoms with Crippen LogP contribution < -0.4 is 0 Å². The predicted octanol–water partition coefficient (Wildman–Crippen LogP) is 10.0. The van der Waals surface area contributed by atoms with E-state index in [0.29, 0.717) is 5.92 Å². The lowest BCUT2D eigenvalue weighted by atomic mass is 9.67. The zero-order chi connectivity index (χ0) is 23.4. The predicted molar refractivity (Wildman–Crippen MR) is 142 cm³/mol. The average molecular weight is 444 g/mol. The van der Waals surface area contributed by atoms with E-state index >= 15 is 0 Å². The third-order valence-corrected chi connectivity index (χ3v) is 7.93. The Hall–Kier alpha value is -2.07. The first-order valence-electron chi connectivity index (χ1n) is 13.8. The quantitative estimate of drug-likeness (QED) is 0.282. The molecule has 33 heavy (non-hydrogen) atoms. The molecule has 178 valence electrons. The lowest BCUT2D eigenvalue weighted by molar-refractivity contribution is 0.223. The van der Waals surface area contributed by atoms with Crippen molar-refractivity contribution in [3.8, 4) is 17.2 Å². The molecule has 0 spiro atoms. The van der Waals surface area contributed by atoms with Gasteiger partial charge in [-0.05, 0) is 73.1 Å². The fourth-order valence-electron chi connectivity index (χ4n) is 5.56. The van der Waals surface area contributed by atoms with E-state index in [1.807, 2.05) is 0 Å². The summed E-state index contributed by atoms with van der Waals surface area (Å²) in [5.74, 6) is 0.617. The molecular weight excluding hydrogens is 398 g/mol. The lowest BCUT2D eigenvalue weighted by Gasteiger charge is -2.35. The summed E-state index contributed by atoms with van der Waals surface area (Å²) in [6.45, 7) is 4.52. The number of nitrogens with zero attached hydrogens (tertiary/aromatic N) is 1. The van der Waals surface area contributed by atoms with E-state index in [4.69, 9.17) is 0 Å². The minimum Gasteiger partial charge on any atom is -0.198 e. The van der Waals surface area contributed by atoms with Gasteiger partial charge in [0.25, 0.3) is 0 Å². The van der Waals surface area contributed by atoms with E-state index in [-0.39, 0.29) is 5.41 Å². The van der Waals surface area contributed by atoms with Crippen molar-refractivity contribution in [3.63, 3.8) is 0 Å². The molecule has 0 amide bonds. The van der Waals surface area contributed by atoms with Crippen molar-refractivity contribution in [1.82, 2.24) is 0 Å². The largest absolute Gasteiger partial charge is 0.198 e. The second-order valence-corrected chi connectivity index (χ2v) is 10.5. The molecule has 1 nitrogen and oxygen atoms in total. The van der Waals surface area contributed by atoms with Crippen molar-refractivity contribution in [1.29, 1.82) is 5.26 Å². The molecule has 0 atom stereocenters. The lowest BCUT2D eigenvalue weighted by Crippen LogP contribution is -2.25. The number of hydrogen-bond acceptors (Lipinski definition) is 1. The molecule has 0 bridgehead atoms. The van der Waals surface area contributed by atoms with Gasteiger partial charge in [-0.1, -0.05) is 114 Å². The van der Waals surface area contributed by atoms with Crippen molar-refractivity contribution in [2.24, 2.45) is 5.41 Å². The number of aryl methyl sites for hydroxylation is 1. The van der Waals surface area contributed by atoms with E-state index in [9.17, 15) is 5.26 Å². The summed E-state index contributed by atoms with van der Waals surface area (Å²) in [5.41, 5.74) is 5.50. The molecule has 1 saturated carbocycles. The van der Waals surface area contributed by atoms with Crippen molar-refractivity contribution < 1.29 is 0 Å². The highest BCUT2D eigenvalue weighted by molar-refractivity contribution is 5.64. The fraction of sp³-hybridized carbons (Fsp3) is 0.594. The molecule has 1 aliphatic carbocycles. The molecule has 2 aromatic rings. The molecular formula is C32H45N. The molecule has 0 aliphatic heterocycles. The summed E-state index contributed by atoms with van der Waals surface area (Å²) in [7, 11) is 0. The maximum atomic E-state index is 9.82. The monoisotopic (exact) mass is 443 g/mol. The Morgan fingerprint density at radius 2 is 1.27 bits per heavy atom. The van der Waals surface area contributed by atoms with E-state index in [1.165, 1.54) is 86.5 Å². The van der Waals surface area contributed by atoms with Crippen molar-refractivity contribution in [3.05, 3.63) is 59.7 Å². The van der Waals surface area contributed by atoms with Gasteiger partial charge in [-0.3, -0.25) is 0 Å². The Bertz CT molecular complexity index is 832. The highest BCUT2D eigenvalue weighted by Crippen LogP contribution is 2.45. The molecule has 1 heteroatoms. The van der Waals surface area contributed by atoms with Crippen LogP contribution in [0.5, 0.6) is 0 Å². The second-order valence-electron chi connectivity index (χ2n) is 10.5. The third-order valence-electron chi connectivity index (χ3n) is 7.93. The Kier molecular flexibility index (Phi) is 10.5. The first-order chi connectivity index (χ1) is 16.2. The molecule has 0 saturated heterocycles. The summed E-state index contributed by atoms with van der Waals surface area (Å²) in [5, 5.41) is 9.82. The van der Waals surface area contributed by atoms with Crippen LogP contribution in [0, 0.1) is 16.7 Å². The van der Waals surface area contributed by atoms with Crippen molar-refractivity contribution in [2.75, 3.05) is 0 Å². The highest BCUT2D eigenvalue weighted by Gasteiger charge is 2.35. The molecule has 0 heterocycles. The van der Waals surface area contributed by atoms with Gasteiger partial charge in [-0.2, -0.15) is 5.26 Å². The molecule has 3 rings (SSSR count). The van der Waals surface area contributed by atoms with Crippen LogP contribution in [0.1, 0.15) is 121 Å². The van der Waals surface area contributed by atoms with E-state index in [0.717, 1.165) is 32.1 Å². The molecule has 2 aromatic carbocycles. The Morgan fingerprint density at radius 3 is 1.88 bits per heavy atom. The number of unbranched alkanes of at least 4 members (excludes halogenated alkanes) is 7. The summed E-state index contributed by atoms with van der Waals surface area (Å²) in [6.07, 6.45) is 18.6. The highest BCUT2D eigenvalue weighted by atomic mass is 14.4. The van der Waals surface area contributed by atoms with E-state index in [1.54, 1.807) is 0 Å². The van der Waals surface area contributed by atoms with Gasteiger partial charge >= 0.3 is 0 Å². The van der Waals surface area contributed by atoms with Crippen LogP contribution in [0.3, 0.4) is 0 Å². The summed E-state index contributed by atoms with van der Waals surface area (Å²) < 4.78 is 0. The third kappa shape index (κ3) is 7.74. The maximum Gasteiger partial charge on any atom is 0.0689 e. The first-order valence-corrected chi connectivity index (χ1v) is 13.8. The van der Waals surface area contributed by atoms with Crippen LogP contribution in [0.25, 0.3) is 11.1 Å². The number of hydrogen-bond donors (Lipinski definition) is 0. The Labute approximate surface area is 203 Å². The number of nitriles is 1. The smallest absolute Gasteiger partial charge is 0.0689 e. The zero-order valence-electron chi connectivity index (χ0n) is 21.2.